The van der Waals surface area contributed by atoms with Crippen LogP contribution in [0.25, 0.3) is 0 Å². The van der Waals surface area contributed by atoms with E-state index in [1.165, 1.54) is 12.1 Å². The monoisotopic (exact) mass is 601 g/mol. The van der Waals surface area contributed by atoms with Gasteiger partial charge in [-0.15, -0.1) is 0 Å². The molecule has 0 radical (unpaired) electrons. The molecule has 5 rings (SSSR count). The van der Waals surface area contributed by atoms with Gasteiger partial charge in [0.1, 0.15) is 11.6 Å². The van der Waals surface area contributed by atoms with Crippen LogP contribution in [0, 0.1) is 17.7 Å². The molecule has 0 spiro atoms. The van der Waals surface area contributed by atoms with Crippen molar-refractivity contribution in [2.75, 3.05) is 44.2 Å². The number of aliphatic hydroxyl groups excluding tert-OH is 2. The number of fused-ring (bicyclic) bond motifs is 1. The predicted octanol–water partition coefficient (Wildman–Crippen LogP) is 0.0264. The third kappa shape index (κ3) is 8.31. The Morgan fingerprint density at radius 2 is 1.46 bits per heavy atom. The van der Waals surface area contributed by atoms with E-state index < -0.39 is 43.7 Å². The average Bonchev–Trinajstić information content (AvgIpc) is 3.48. The number of ether oxygens (including phenoxy) is 1. The molecule has 4 aliphatic rings. The van der Waals surface area contributed by atoms with E-state index in [2.05, 4.69) is 4.90 Å². The van der Waals surface area contributed by atoms with Crippen molar-refractivity contribution in [3.63, 3.8) is 0 Å². The van der Waals surface area contributed by atoms with Gasteiger partial charge in [0.2, 0.25) is 11.8 Å². The lowest BCUT2D eigenvalue weighted by Crippen LogP contribution is -2.49. The van der Waals surface area contributed by atoms with Gasteiger partial charge in [-0.1, -0.05) is 0 Å². The third-order valence-electron chi connectivity index (χ3n) is 8.05. The summed E-state index contributed by atoms with van der Waals surface area (Å²) in [5.74, 6) is -2.07. The number of Topliss-reactive ketones (excluding diaryl/α,β-unsaturated/α-hetero) is 1. The number of phosphoric acid groups is 1. The van der Waals surface area contributed by atoms with E-state index in [0.717, 1.165) is 36.3 Å². The van der Waals surface area contributed by atoms with Crippen LogP contribution in [-0.2, 0) is 18.9 Å². The van der Waals surface area contributed by atoms with Gasteiger partial charge in [-0.2, -0.15) is 0 Å². The summed E-state index contributed by atoms with van der Waals surface area (Å²) in [6, 6.07) is 4.61. The predicted molar refractivity (Wildman–Crippen MR) is 142 cm³/mol. The number of hydrogen-bond donors (Lipinski definition) is 5. The van der Waals surface area contributed by atoms with Crippen LogP contribution >= 0.6 is 7.82 Å². The number of anilines is 1. The third-order valence-corrected chi connectivity index (χ3v) is 8.05. The van der Waals surface area contributed by atoms with Crippen LogP contribution < -0.4 is 9.64 Å². The number of nitrogens with zero attached hydrogens (tertiary/aromatic N) is 3. The summed E-state index contributed by atoms with van der Waals surface area (Å²) in [4.78, 5) is 64.8. The lowest BCUT2D eigenvalue weighted by Gasteiger charge is -2.36. The summed E-state index contributed by atoms with van der Waals surface area (Å²) in [6.45, 7) is 2.17. The van der Waals surface area contributed by atoms with E-state index in [1.807, 2.05) is 4.90 Å². The number of hydrogen-bond acceptors (Lipinski definition) is 9. The number of benzene rings is 1. The second-order valence-electron chi connectivity index (χ2n) is 11.0. The minimum absolute atomic E-state index is 0.0373. The number of imide groups is 1. The fraction of sp³-hybridized carbons (Fsp3) is 0.654. The molecular formula is C26H37FN3O10P. The Morgan fingerprint density at radius 3 is 2.00 bits per heavy atom. The maximum absolute atomic E-state index is 14.0. The van der Waals surface area contributed by atoms with Gasteiger partial charge < -0.3 is 34.5 Å². The average molecular weight is 602 g/mol. The van der Waals surface area contributed by atoms with Crippen LogP contribution in [0.2, 0.25) is 0 Å². The molecule has 2 aliphatic heterocycles. The number of piperazine rings is 1. The van der Waals surface area contributed by atoms with Gasteiger partial charge in [-0.05, 0) is 50.7 Å². The van der Waals surface area contributed by atoms with Crippen molar-refractivity contribution in [2.45, 2.75) is 56.8 Å². The molecule has 41 heavy (non-hydrogen) atoms. The number of aliphatic hydroxyl groups is 2. The summed E-state index contributed by atoms with van der Waals surface area (Å²) in [5.41, 5.74) is 0.730. The molecule has 2 aliphatic carbocycles. The fourth-order valence-corrected chi connectivity index (χ4v) is 6.02. The molecule has 1 aromatic carbocycles. The van der Waals surface area contributed by atoms with Crippen LogP contribution in [0.15, 0.2) is 18.2 Å². The van der Waals surface area contributed by atoms with Gasteiger partial charge >= 0.3 is 7.82 Å². The molecule has 0 aromatic heterocycles. The lowest BCUT2D eigenvalue weighted by molar-refractivity contribution is -0.143. The highest BCUT2D eigenvalue weighted by atomic mass is 31.2. The molecule has 4 atom stereocenters. The quantitative estimate of drug-likeness (QED) is 0.209. The van der Waals surface area contributed by atoms with Crippen molar-refractivity contribution in [1.82, 2.24) is 9.80 Å². The van der Waals surface area contributed by atoms with Crippen molar-refractivity contribution in [3.05, 3.63) is 24.0 Å². The van der Waals surface area contributed by atoms with Gasteiger partial charge in [-0.25, -0.2) is 8.96 Å². The molecule has 2 amide bonds. The number of carbonyl (C=O) groups excluding carboxylic acids is 3. The number of rotatable bonds is 7. The SMILES string of the molecule is O=C(CN1CCN(c2cc(F)ccc2OC2CCCC2)CC1)CN1C(=O)C2CC(O)C(O)CC2C1=O.O=P(O)(O)O. The van der Waals surface area contributed by atoms with Crippen molar-refractivity contribution in [1.29, 1.82) is 0 Å². The largest absolute Gasteiger partial charge is 0.488 e. The summed E-state index contributed by atoms with van der Waals surface area (Å²) in [7, 11) is -4.64. The minimum atomic E-state index is -4.64. The van der Waals surface area contributed by atoms with Crippen LogP contribution in [0.5, 0.6) is 5.75 Å². The molecule has 2 heterocycles. The van der Waals surface area contributed by atoms with Crippen LogP contribution in [-0.4, -0.2) is 110 Å². The Kier molecular flexibility index (Phi) is 10.2. The zero-order valence-corrected chi connectivity index (χ0v) is 23.4. The molecule has 13 nitrogen and oxygen atoms in total. The van der Waals surface area contributed by atoms with Gasteiger partial charge in [0.05, 0.1) is 48.9 Å². The molecule has 5 N–H and O–H groups in total. The van der Waals surface area contributed by atoms with E-state index in [9.17, 15) is 29.0 Å². The molecule has 0 bridgehead atoms. The Morgan fingerprint density at radius 1 is 0.927 bits per heavy atom. The summed E-state index contributed by atoms with van der Waals surface area (Å²) in [6.07, 6.45) is 2.50. The van der Waals surface area contributed by atoms with Crippen molar-refractivity contribution < 1.29 is 53.0 Å². The highest BCUT2D eigenvalue weighted by Gasteiger charge is 2.52. The normalized spacial score (nSPS) is 27.5. The maximum atomic E-state index is 14.0. The van der Waals surface area contributed by atoms with E-state index in [-0.39, 0.29) is 43.6 Å². The Balaban J connectivity index is 0.000000714. The molecule has 1 aromatic rings. The summed E-state index contributed by atoms with van der Waals surface area (Å²) < 4.78 is 29.1. The Labute approximate surface area is 236 Å². The van der Waals surface area contributed by atoms with Crippen LogP contribution in [0.3, 0.4) is 0 Å². The molecule has 2 saturated carbocycles. The van der Waals surface area contributed by atoms with E-state index in [0.29, 0.717) is 31.9 Å². The molecule has 4 unspecified atom stereocenters. The zero-order chi connectivity index (χ0) is 29.9. The first kappa shape index (κ1) is 31.5. The highest BCUT2D eigenvalue weighted by molar-refractivity contribution is 7.45. The molecule has 228 valence electrons. The van der Waals surface area contributed by atoms with E-state index in [1.54, 1.807) is 6.07 Å². The van der Waals surface area contributed by atoms with Crippen molar-refractivity contribution in [2.24, 2.45) is 11.8 Å². The number of carbonyl (C=O) groups is 3. The second-order valence-corrected chi connectivity index (χ2v) is 12.1. The second kappa shape index (κ2) is 13.2. The maximum Gasteiger partial charge on any atom is 0.466 e. The minimum Gasteiger partial charge on any atom is -0.488 e. The van der Waals surface area contributed by atoms with Crippen LogP contribution in [0.1, 0.15) is 38.5 Å². The van der Waals surface area contributed by atoms with Crippen molar-refractivity contribution >= 4 is 31.1 Å². The van der Waals surface area contributed by atoms with Crippen LogP contribution in [0.4, 0.5) is 10.1 Å². The Hall–Kier alpha value is -2.45. The van der Waals surface area contributed by atoms with Crippen molar-refractivity contribution in [3.8, 4) is 5.75 Å². The standard InChI is InChI=1S/C26H34FN3O6.H3O4P/c27-16-5-6-24(36-18-3-1-2-4-18)21(11-16)29-9-7-28(8-10-29)14-17(31)15-30-25(34)19-12-22(32)23(33)13-20(19)26(30)35;1-5(2,3)4/h5-6,11,18-20,22-23,32-33H,1-4,7-10,12-15H2;(H3,1,2,3,4). The Bertz CT molecular complexity index is 1130. The summed E-state index contributed by atoms with van der Waals surface area (Å²) in [5, 5.41) is 19.8. The van der Waals surface area contributed by atoms with E-state index >= 15 is 0 Å². The number of ketones is 1. The first-order valence-corrected chi connectivity index (χ1v) is 15.3. The fourth-order valence-electron chi connectivity index (χ4n) is 6.02. The highest BCUT2D eigenvalue weighted by Crippen LogP contribution is 2.38. The van der Waals surface area contributed by atoms with Gasteiger partial charge in [0.15, 0.2) is 5.78 Å². The number of halogens is 1. The molecule has 4 fully saturated rings. The number of likely N-dealkylation sites (tertiary alicyclic amines) is 1. The topological polar surface area (TPSA) is 188 Å². The first-order chi connectivity index (χ1) is 19.3. The molecule has 2 saturated heterocycles. The lowest BCUT2D eigenvalue weighted by atomic mass is 9.78. The summed E-state index contributed by atoms with van der Waals surface area (Å²) >= 11 is 0. The molecular weight excluding hydrogens is 564 g/mol. The van der Waals surface area contributed by atoms with Gasteiger partial charge in [-0.3, -0.25) is 24.2 Å². The smallest absolute Gasteiger partial charge is 0.466 e. The zero-order valence-electron chi connectivity index (χ0n) is 22.5. The molecule has 15 heteroatoms. The van der Waals surface area contributed by atoms with E-state index in [4.69, 9.17) is 24.0 Å². The van der Waals surface area contributed by atoms with Gasteiger partial charge in [0, 0.05) is 32.2 Å². The first-order valence-electron chi connectivity index (χ1n) is 13.7. The van der Waals surface area contributed by atoms with Gasteiger partial charge in [0.25, 0.3) is 0 Å². The number of amides is 2.